The first-order valence-electron chi connectivity index (χ1n) is 35.0. The molecular weight excluding hydrogens is 1270 g/mol. The number of unbranched alkanes of at least 4 members (excludes halogenated alkanes) is 4. The number of aliphatic hydroxyl groups excluding tert-OH is 6. The van der Waals surface area contributed by atoms with E-state index in [0.717, 1.165) is 44.1 Å². The van der Waals surface area contributed by atoms with Gasteiger partial charge in [0.25, 0.3) is 0 Å². The van der Waals surface area contributed by atoms with Crippen molar-refractivity contribution in [1.82, 2.24) is 24.8 Å². The molecule has 0 radical (unpaired) electrons. The number of thioether (sulfide) groups is 1. The fourth-order valence-corrected chi connectivity index (χ4v) is 18.7. The molecule has 0 aromatic carbocycles. The minimum absolute atomic E-state index is 0.0417. The van der Waals surface area contributed by atoms with Crippen molar-refractivity contribution in [3.63, 3.8) is 0 Å². The van der Waals surface area contributed by atoms with Crippen molar-refractivity contribution in [3.8, 4) is 0 Å². The summed E-state index contributed by atoms with van der Waals surface area (Å²) < 4.78 is 56.9. The van der Waals surface area contributed by atoms with Crippen molar-refractivity contribution in [2.24, 2.45) is 40.2 Å². The molecule has 5 aliphatic heterocycles. The van der Waals surface area contributed by atoms with Crippen LogP contribution in [0.4, 0.5) is 5.82 Å². The van der Waals surface area contributed by atoms with Gasteiger partial charge in [0, 0.05) is 56.1 Å². The second-order valence-corrected chi connectivity index (χ2v) is 30.2. The van der Waals surface area contributed by atoms with Gasteiger partial charge in [-0.3, -0.25) is 19.0 Å². The van der Waals surface area contributed by atoms with E-state index in [1.165, 1.54) is 29.0 Å². The maximum Gasteiger partial charge on any atom is 0.331 e. The number of rotatable bonds is 28. The lowest BCUT2D eigenvalue weighted by Crippen LogP contribution is -2.67. The molecule has 4 saturated carbocycles. The second-order valence-electron chi connectivity index (χ2n) is 29.1. The minimum Gasteiger partial charge on any atom is -0.480 e. The SMILES string of the molecule is C[C@H]1OCC(O[C@H]2[C@@H](O)CC(O[C@@H]3CC[C@@]4(C)[C@H](CCC5[C@@H]4C[C@@H](O)[C@]4(C)[C@@H](C6=CC(=O)OC6)CC[C@]54O)C3)O[C@@H]2C)[C@H](O)[C@@H]1OC1C[C@H](O)[C@H](OCCCCCC(=O)NCCCCCC(=O)Nc2ncnc3c2ncn3[C@@H]2O[C@H](CSCC[C@H](N)C(=O)O)[C@@H](O)[C@H]2O)[C@@H](C)O1. The third-order valence-electron chi connectivity index (χ3n) is 23.2. The van der Waals surface area contributed by atoms with Crippen LogP contribution in [0.5, 0.6) is 0 Å². The number of ether oxygens (including phenoxy) is 9. The van der Waals surface area contributed by atoms with Crippen LogP contribution in [0.2, 0.25) is 0 Å². The molecule has 2 aromatic heterocycles. The van der Waals surface area contributed by atoms with Gasteiger partial charge in [0.15, 0.2) is 35.8 Å². The highest BCUT2D eigenvalue weighted by Gasteiger charge is 2.71. The zero-order valence-electron chi connectivity index (χ0n) is 55.8. The number of nitrogens with one attached hydrogen (secondary N) is 2. The Hall–Kier alpha value is -4.12. The van der Waals surface area contributed by atoms with Gasteiger partial charge in [0.1, 0.15) is 61.7 Å². The summed E-state index contributed by atoms with van der Waals surface area (Å²) in [6.07, 6.45) is 0.848. The average molecular weight is 1370 g/mol. The summed E-state index contributed by atoms with van der Waals surface area (Å²) in [5.41, 5.74) is 5.10. The van der Waals surface area contributed by atoms with Crippen molar-refractivity contribution in [1.29, 1.82) is 0 Å². The van der Waals surface area contributed by atoms with E-state index < -0.39 is 127 Å². The summed E-state index contributed by atoms with van der Waals surface area (Å²) in [6.45, 7) is 10.9. The zero-order chi connectivity index (χ0) is 68.4. The number of nitrogens with zero attached hydrogens (tertiary/aromatic N) is 4. The van der Waals surface area contributed by atoms with E-state index in [0.29, 0.717) is 88.4 Å². The molecule has 8 fully saturated rings. The molecule has 0 bridgehead atoms. The Labute approximate surface area is 564 Å². The number of carboxylic acids is 1. The Morgan fingerprint density at radius 1 is 0.781 bits per heavy atom. The summed E-state index contributed by atoms with van der Waals surface area (Å²) in [5.74, 6) is -0.505. The number of esters is 1. The van der Waals surface area contributed by atoms with E-state index in [1.54, 1.807) is 19.9 Å². The number of amides is 2. The number of nitrogens with two attached hydrogens (primary N) is 1. The molecule has 0 spiro atoms. The largest absolute Gasteiger partial charge is 0.480 e. The van der Waals surface area contributed by atoms with Gasteiger partial charge in [-0.2, -0.15) is 11.8 Å². The number of carbonyl (C=O) groups is 4. The van der Waals surface area contributed by atoms with E-state index in [4.69, 9.17) is 53.5 Å². The Balaban J connectivity index is 0.535. The number of aliphatic carboxylic acids is 1. The highest BCUT2D eigenvalue weighted by atomic mass is 32.2. The number of hydrogen-bond donors (Lipinski definition) is 11. The number of imidazole rings is 1. The van der Waals surface area contributed by atoms with Gasteiger partial charge in [-0.15, -0.1) is 0 Å². The van der Waals surface area contributed by atoms with Crippen LogP contribution < -0.4 is 16.4 Å². The molecule has 7 heterocycles. The standard InChI is InChI=1S/C67H103N7O21S/c1-34-60(56(82)46(30-88-34)93-59-36(3)91-52(28-45(59)76)92-39-16-19-65(4)38(25-39)14-15-41-42(65)26-48(77)66(5)40(17-20-67(41,66)86)37-24-51(80)89-29-37)95-53-27-44(75)58(35(2)90-53)87-22-11-7-9-12-49(78)69-21-10-6-8-13-50(79)73-61-54-62(71-32-70-61)74(33-72-54)63-57(83)55(81)47(94-63)31-96-23-18-43(68)64(84)85/h24,32-36,38-48,52-53,55-60,63,75-77,81-83,86H,6-23,25-31,68H2,1-5H3,(H,69,78)(H,84,85)(H,70,71,73,79)/t34-,35-,36-,38-,39-,40-,41?,42+,43+,44+,45+,46?,47-,48-,52?,53?,55-,56+,57-,58-,59-,60-,63-,65+,66+,67+/m1/s1. The van der Waals surface area contributed by atoms with E-state index in [-0.39, 0.29) is 103 Å². The van der Waals surface area contributed by atoms with Crippen LogP contribution >= 0.6 is 11.8 Å². The lowest BCUT2D eigenvalue weighted by Gasteiger charge is -2.65. The lowest BCUT2D eigenvalue weighted by molar-refractivity contribution is -0.319. The molecule has 12 N–H and O–H groups in total. The molecule has 4 aliphatic carbocycles. The number of carbonyl (C=O) groups excluding carboxylic acids is 3. The quantitative estimate of drug-likeness (QED) is 0.0331. The zero-order valence-corrected chi connectivity index (χ0v) is 56.7. The number of aromatic nitrogens is 4. The van der Waals surface area contributed by atoms with Crippen molar-refractivity contribution < 1.29 is 103 Å². The molecule has 4 saturated heterocycles. The summed E-state index contributed by atoms with van der Waals surface area (Å²) in [5, 5.41) is 95.5. The maximum absolute atomic E-state index is 12.9. The number of anilines is 1. The first kappa shape index (κ1) is 73.1. The molecule has 11 rings (SSSR count). The van der Waals surface area contributed by atoms with Gasteiger partial charge in [-0.05, 0) is 145 Å². The number of cyclic esters (lactones) is 1. The summed E-state index contributed by atoms with van der Waals surface area (Å²) >= 11 is 1.35. The van der Waals surface area contributed by atoms with E-state index in [1.807, 2.05) is 13.8 Å². The molecule has 26 atom stereocenters. The van der Waals surface area contributed by atoms with Crippen LogP contribution in [0.15, 0.2) is 24.3 Å². The predicted molar refractivity (Wildman–Crippen MR) is 344 cm³/mol. The van der Waals surface area contributed by atoms with Gasteiger partial charge in [0.05, 0.1) is 67.4 Å². The van der Waals surface area contributed by atoms with Crippen LogP contribution in [-0.2, 0) is 61.8 Å². The predicted octanol–water partition coefficient (Wildman–Crippen LogP) is 3.06. The molecule has 96 heavy (non-hydrogen) atoms. The number of fused-ring (bicyclic) bond motifs is 6. The van der Waals surface area contributed by atoms with Crippen LogP contribution in [0, 0.1) is 34.5 Å². The minimum atomic E-state index is -1.31. The van der Waals surface area contributed by atoms with Crippen LogP contribution in [-0.4, -0.2) is 238 Å². The molecule has 2 aromatic rings. The van der Waals surface area contributed by atoms with E-state index >= 15 is 0 Å². The van der Waals surface area contributed by atoms with Crippen molar-refractivity contribution in [2.45, 2.75) is 279 Å². The molecule has 4 unspecified atom stereocenters. The van der Waals surface area contributed by atoms with Gasteiger partial charge < -0.3 is 99.9 Å². The highest BCUT2D eigenvalue weighted by molar-refractivity contribution is 7.99. The van der Waals surface area contributed by atoms with Crippen LogP contribution in [0.1, 0.15) is 163 Å². The third kappa shape index (κ3) is 15.5. The van der Waals surface area contributed by atoms with Gasteiger partial charge in [0.2, 0.25) is 11.8 Å². The van der Waals surface area contributed by atoms with Crippen LogP contribution in [0.3, 0.4) is 0 Å². The van der Waals surface area contributed by atoms with E-state index in [9.17, 15) is 54.9 Å². The Kier molecular flexibility index (Phi) is 23.9. The third-order valence-corrected chi connectivity index (χ3v) is 24.3. The average Bonchev–Trinajstić information content (AvgIpc) is 1.39. The van der Waals surface area contributed by atoms with Crippen LogP contribution in [0.25, 0.3) is 11.2 Å². The normalized spacial score (nSPS) is 41.1. The summed E-state index contributed by atoms with van der Waals surface area (Å²) in [4.78, 5) is 61.5. The first-order valence-corrected chi connectivity index (χ1v) is 36.2. The number of aliphatic hydroxyl groups is 7. The monoisotopic (exact) mass is 1370 g/mol. The molecule has 538 valence electrons. The molecule has 28 nitrogen and oxygen atoms in total. The molecule has 2 amide bonds. The lowest BCUT2D eigenvalue weighted by atomic mass is 9.42. The van der Waals surface area contributed by atoms with Crippen molar-refractivity contribution >= 4 is 52.5 Å². The number of hydrogen-bond acceptors (Lipinski definition) is 25. The number of carboxylic acid groups (broad SMARTS) is 1. The van der Waals surface area contributed by atoms with Crippen molar-refractivity contribution in [3.05, 3.63) is 24.3 Å². The first-order chi connectivity index (χ1) is 45.9. The summed E-state index contributed by atoms with van der Waals surface area (Å²) in [7, 11) is 0. The smallest absolute Gasteiger partial charge is 0.331 e. The molecule has 9 aliphatic rings. The van der Waals surface area contributed by atoms with Crippen molar-refractivity contribution in [2.75, 3.05) is 43.2 Å². The van der Waals surface area contributed by atoms with Gasteiger partial charge in [-0.25, -0.2) is 19.7 Å². The van der Waals surface area contributed by atoms with E-state index in [2.05, 4.69) is 32.5 Å². The maximum atomic E-state index is 12.9. The summed E-state index contributed by atoms with van der Waals surface area (Å²) in [6, 6.07) is -0.993. The Morgan fingerprint density at radius 2 is 1.51 bits per heavy atom. The van der Waals surface area contributed by atoms with Gasteiger partial charge >= 0.3 is 11.9 Å². The highest BCUT2D eigenvalue weighted by Crippen LogP contribution is 2.70. The molecular formula is C67H103N7O21S. The second kappa shape index (κ2) is 31.4. The van der Waals surface area contributed by atoms with Gasteiger partial charge in [-0.1, -0.05) is 26.7 Å². The Bertz CT molecular complexity index is 3000. The molecule has 29 heteroatoms. The Morgan fingerprint density at radius 3 is 2.24 bits per heavy atom. The topological polar surface area (TPSA) is 407 Å². The fraction of sp³-hybridized carbons (Fsp3) is 0.836. The fourth-order valence-electron chi connectivity index (χ4n) is 17.6.